The van der Waals surface area contributed by atoms with Gasteiger partial charge in [-0.05, 0) is 48.2 Å². The van der Waals surface area contributed by atoms with Crippen LogP contribution in [-0.2, 0) is 18.4 Å². The minimum atomic E-state index is -0.587. The van der Waals surface area contributed by atoms with Crippen LogP contribution in [0.1, 0.15) is 47.8 Å². The number of carbonyl (C=O) groups excluding carboxylic acids is 1. The van der Waals surface area contributed by atoms with Crippen LogP contribution in [0.5, 0.6) is 0 Å². The largest absolute Gasteiger partial charge is 0.395 e. The number of hydrogen-bond donors (Lipinski definition) is 2. The lowest BCUT2D eigenvalue weighted by Crippen LogP contribution is -2.51. The maximum absolute atomic E-state index is 13.3. The van der Waals surface area contributed by atoms with E-state index in [1.54, 1.807) is 0 Å². The van der Waals surface area contributed by atoms with Gasteiger partial charge in [0.25, 0.3) is 5.91 Å². The minimum Gasteiger partial charge on any atom is -0.395 e. The van der Waals surface area contributed by atoms with E-state index in [4.69, 9.17) is 0 Å². The number of likely N-dealkylation sites (N-methyl/N-ethyl adjacent to an activating group) is 1. The van der Waals surface area contributed by atoms with Gasteiger partial charge in [0.2, 0.25) is 0 Å². The Hall–Kier alpha value is -2.41. The lowest BCUT2D eigenvalue weighted by Gasteiger charge is -2.41. The molecule has 1 amide bonds. The van der Waals surface area contributed by atoms with Crippen molar-refractivity contribution in [2.45, 2.75) is 45.3 Å². The Morgan fingerprint density at radius 2 is 1.88 bits per heavy atom. The lowest BCUT2D eigenvalue weighted by atomic mass is 9.77. The van der Waals surface area contributed by atoms with Crippen molar-refractivity contribution in [1.29, 1.82) is 0 Å². The summed E-state index contributed by atoms with van der Waals surface area (Å²) in [5, 5.41) is 20.2. The van der Waals surface area contributed by atoms with Crippen LogP contribution in [0.2, 0.25) is 0 Å². The van der Waals surface area contributed by atoms with E-state index in [2.05, 4.69) is 60.9 Å². The van der Waals surface area contributed by atoms with Crippen molar-refractivity contribution in [3.63, 3.8) is 0 Å². The van der Waals surface area contributed by atoms with Crippen molar-refractivity contribution < 1.29 is 15.0 Å². The Kier molecular flexibility index (Phi) is 7.07. The zero-order valence-electron chi connectivity index (χ0n) is 20.1. The zero-order chi connectivity index (χ0) is 23.6. The number of anilines is 1. The van der Waals surface area contributed by atoms with Crippen LogP contribution in [0.3, 0.4) is 0 Å². The highest BCUT2D eigenvalue weighted by Crippen LogP contribution is 2.36. The summed E-state index contributed by atoms with van der Waals surface area (Å²) in [4.78, 5) is 19.5. The Balaban J connectivity index is 1.45. The monoisotopic (exact) mass is 451 g/mol. The topological polar surface area (TPSA) is 67.2 Å². The highest BCUT2D eigenvalue weighted by atomic mass is 16.3. The quantitative estimate of drug-likeness (QED) is 0.646. The fraction of sp³-hybridized carbons (Fsp3) is 0.519. The van der Waals surface area contributed by atoms with Gasteiger partial charge in [-0.2, -0.15) is 0 Å². The van der Waals surface area contributed by atoms with E-state index in [-0.39, 0.29) is 17.9 Å². The van der Waals surface area contributed by atoms with Crippen LogP contribution in [-0.4, -0.2) is 77.9 Å². The average molecular weight is 452 g/mol. The van der Waals surface area contributed by atoms with Crippen molar-refractivity contribution in [2.75, 3.05) is 50.8 Å². The summed E-state index contributed by atoms with van der Waals surface area (Å²) >= 11 is 0. The van der Waals surface area contributed by atoms with Crippen molar-refractivity contribution in [3.8, 4) is 0 Å². The molecule has 6 heteroatoms. The number of β-amino-alcohol motifs (C(OH)–C–C–N with tert-alkyl or cyclic N) is 1. The van der Waals surface area contributed by atoms with Crippen molar-refractivity contribution in [2.24, 2.45) is 0 Å². The molecular formula is C27H37N3O3. The summed E-state index contributed by atoms with van der Waals surface area (Å²) in [6.45, 7) is 11.1. The second-order valence-electron chi connectivity index (χ2n) is 10.0. The smallest absolute Gasteiger partial charge is 0.254 e. The third-order valence-corrected chi connectivity index (χ3v) is 7.06. The summed E-state index contributed by atoms with van der Waals surface area (Å²) in [5.41, 5.74) is 5.30. The molecule has 0 fully saturated rings. The number of aliphatic hydroxyl groups excluding tert-OH is 2. The minimum absolute atomic E-state index is 0.0101. The predicted octanol–water partition coefficient (Wildman–Crippen LogP) is 2.66. The fourth-order valence-corrected chi connectivity index (χ4v) is 5.34. The average Bonchev–Trinajstić information content (AvgIpc) is 2.80. The summed E-state index contributed by atoms with van der Waals surface area (Å²) in [6.07, 6.45) is 0.412. The summed E-state index contributed by atoms with van der Waals surface area (Å²) in [6, 6.07) is 14.5. The third-order valence-electron chi connectivity index (χ3n) is 7.06. The number of rotatable bonds is 8. The van der Waals surface area contributed by atoms with Crippen LogP contribution in [0, 0.1) is 0 Å². The van der Waals surface area contributed by atoms with E-state index in [0.29, 0.717) is 31.7 Å². The highest BCUT2D eigenvalue weighted by Gasteiger charge is 2.37. The first-order valence-electron chi connectivity index (χ1n) is 12.1. The molecule has 1 atom stereocenters. The molecule has 0 saturated heterocycles. The molecule has 0 radical (unpaired) electrons. The standard InChI is InChI=1S/C27H37N3O3/c1-4-29(13-14-31)22-9-10-24-25(15-22)27(2,3)19-30(26(24)33)18-23(32)17-28-12-11-20-7-5-6-8-21(20)16-28/h5-10,15,23,31-32H,4,11-14,16-19H2,1-3H3. The van der Waals surface area contributed by atoms with Crippen LogP contribution in [0.4, 0.5) is 5.69 Å². The van der Waals surface area contributed by atoms with Gasteiger partial charge in [0, 0.05) is 62.5 Å². The number of amides is 1. The first kappa shape index (κ1) is 23.7. The SMILES string of the molecule is CCN(CCO)c1ccc2c(c1)C(C)(C)CN(CC(O)CN1CCc3ccccc3C1)C2=O. The maximum Gasteiger partial charge on any atom is 0.254 e. The number of carbonyl (C=O) groups is 1. The van der Waals surface area contributed by atoms with Gasteiger partial charge in [-0.15, -0.1) is 0 Å². The predicted molar refractivity (Wildman–Crippen MR) is 132 cm³/mol. The molecule has 0 spiro atoms. The van der Waals surface area contributed by atoms with E-state index in [1.807, 2.05) is 17.0 Å². The molecule has 2 aromatic rings. The molecule has 0 aromatic heterocycles. The molecule has 2 N–H and O–H groups in total. The van der Waals surface area contributed by atoms with Gasteiger partial charge >= 0.3 is 0 Å². The lowest BCUT2D eigenvalue weighted by molar-refractivity contribution is 0.0431. The summed E-state index contributed by atoms with van der Waals surface area (Å²) < 4.78 is 0. The normalized spacial score (nSPS) is 18.6. The number of fused-ring (bicyclic) bond motifs is 2. The van der Waals surface area contributed by atoms with E-state index in [9.17, 15) is 15.0 Å². The van der Waals surface area contributed by atoms with Crippen LogP contribution in [0.25, 0.3) is 0 Å². The van der Waals surface area contributed by atoms with Crippen molar-refractivity contribution in [1.82, 2.24) is 9.80 Å². The first-order chi connectivity index (χ1) is 15.8. The molecule has 178 valence electrons. The molecule has 0 saturated carbocycles. The van der Waals surface area contributed by atoms with Gasteiger partial charge in [-0.25, -0.2) is 0 Å². The molecule has 2 aromatic carbocycles. The second-order valence-corrected chi connectivity index (χ2v) is 10.0. The molecule has 0 aliphatic carbocycles. The molecule has 2 aliphatic heterocycles. The number of benzene rings is 2. The van der Waals surface area contributed by atoms with E-state index < -0.39 is 6.10 Å². The van der Waals surface area contributed by atoms with E-state index >= 15 is 0 Å². The molecule has 1 unspecified atom stereocenters. The molecule has 4 rings (SSSR count). The molecule has 33 heavy (non-hydrogen) atoms. The zero-order valence-corrected chi connectivity index (χ0v) is 20.1. The fourth-order valence-electron chi connectivity index (χ4n) is 5.34. The van der Waals surface area contributed by atoms with Crippen molar-refractivity contribution >= 4 is 11.6 Å². The Bertz CT molecular complexity index is 990. The van der Waals surface area contributed by atoms with Crippen molar-refractivity contribution in [3.05, 3.63) is 64.7 Å². The molecule has 6 nitrogen and oxygen atoms in total. The first-order valence-corrected chi connectivity index (χ1v) is 12.1. The Labute approximate surface area is 197 Å². The molecule has 2 heterocycles. The van der Waals surface area contributed by atoms with Gasteiger partial charge < -0.3 is 20.0 Å². The Morgan fingerprint density at radius 3 is 2.61 bits per heavy atom. The van der Waals surface area contributed by atoms with Gasteiger partial charge in [-0.3, -0.25) is 9.69 Å². The number of hydrogen-bond acceptors (Lipinski definition) is 5. The van der Waals surface area contributed by atoms with Crippen LogP contribution < -0.4 is 4.90 Å². The van der Waals surface area contributed by atoms with Gasteiger partial charge in [0.05, 0.1) is 12.7 Å². The van der Waals surface area contributed by atoms with Gasteiger partial charge in [-0.1, -0.05) is 38.1 Å². The summed E-state index contributed by atoms with van der Waals surface area (Å²) in [5.74, 6) is -0.0101. The number of aliphatic hydroxyl groups is 2. The summed E-state index contributed by atoms with van der Waals surface area (Å²) in [7, 11) is 0. The highest BCUT2D eigenvalue weighted by molar-refractivity contribution is 5.98. The van der Waals surface area contributed by atoms with E-state index in [0.717, 1.165) is 37.3 Å². The van der Waals surface area contributed by atoms with E-state index in [1.165, 1.54) is 11.1 Å². The van der Waals surface area contributed by atoms with Gasteiger partial charge in [0.15, 0.2) is 0 Å². The number of nitrogens with zero attached hydrogens (tertiary/aromatic N) is 3. The molecule has 2 aliphatic rings. The molecule has 0 bridgehead atoms. The van der Waals surface area contributed by atoms with Gasteiger partial charge in [0.1, 0.15) is 0 Å². The van der Waals surface area contributed by atoms with Crippen LogP contribution >= 0.6 is 0 Å². The molecular weight excluding hydrogens is 414 g/mol. The van der Waals surface area contributed by atoms with Crippen LogP contribution in [0.15, 0.2) is 42.5 Å². The maximum atomic E-state index is 13.3. The third kappa shape index (κ3) is 5.08. The second kappa shape index (κ2) is 9.84. The Morgan fingerprint density at radius 1 is 1.12 bits per heavy atom.